The fourth-order valence-electron chi connectivity index (χ4n) is 2.60. The van der Waals surface area contributed by atoms with Crippen molar-refractivity contribution in [3.05, 3.63) is 29.3 Å². The van der Waals surface area contributed by atoms with Crippen LogP contribution in [0.15, 0.2) is 18.2 Å². The quantitative estimate of drug-likeness (QED) is 0.829. The third-order valence-corrected chi connectivity index (χ3v) is 3.86. The second kappa shape index (κ2) is 7.19. The molecule has 1 fully saturated rings. The van der Waals surface area contributed by atoms with Gasteiger partial charge in [0.25, 0.3) is 0 Å². The van der Waals surface area contributed by atoms with Crippen molar-refractivity contribution in [3.63, 3.8) is 0 Å². The lowest BCUT2D eigenvalue weighted by Gasteiger charge is -2.35. The summed E-state index contributed by atoms with van der Waals surface area (Å²) in [4.78, 5) is 16.1. The van der Waals surface area contributed by atoms with E-state index in [1.54, 1.807) is 4.90 Å². The van der Waals surface area contributed by atoms with Crippen LogP contribution in [0.1, 0.15) is 31.9 Å². The summed E-state index contributed by atoms with van der Waals surface area (Å²) in [6.07, 6.45) is -0.228. The molecule has 1 aromatic carbocycles. The lowest BCUT2D eigenvalue weighted by molar-refractivity contribution is 0.0139. The molecule has 1 heterocycles. The first-order valence-electron chi connectivity index (χ1n) is 8.06. The van der Waals surface area contributed by atoms with Gasteiger partial charge in [0.1, 0.15) is 5.60 Å². The molecular formula is C17H28N4O2. The van der Waals surface area contributed by atoms with Gasteiger partial charge in [-0.05, 0) is 38.0 Å². The first-order valence-corrected chi connectivity index (χ1v) is 8.06. The summed E-state index contributed by atoms with van der Waals surface area (Å²) in [7, 11) is 0. The van der Waals surface area contributed by atoms with Crippen LogP contribution in [0.2, 0.25) is 0 Å². The van der Waals surface area contributed by atoms with Crippen molar-refractivity contribution in [1.82, 2.24) is 9.80 Å². The van der Waals surface area contributed by atoms with Crippen molar-refractivity contribution in [2.75, 3.05) is 31.9 Å². The smallest absolute Gasteiger partial charge is 0.410 e. The Morgan fingerprint density at radius 2 is 1.87 bits per heavy atom. The largest absolute Gasteiger partial charge is 0.444 e. The van der Waals surface area contributed by atoms with E-state index < -0.39 is 5.60 Å². The highest BCUT2D eigenvalue weighted by Crippen LogP contribution is 2.17. The summed E-state index contributed by atoms with van der Waals surface area (Å²) in [6.45, 7) is 9.98. The number of carbonyl (C=O) groups is 1. The maximum atomic E-state index is 12.1. The number of piperazine rings is 1. The Labute approximate surface area is 138 Å². The molecule has 1 aliphatic heterocycles. The topological polar surface area (TPSA) is 84.8 Å². The Morgan fingerprint density at radius 3 is 2.39 bits per heavy atom. The van der Waals surface area contributed by atoms with Gasteiger partial charge in [-0.15, -0.1) is 0 Å². The van der Waals surface area contributed by atoms with E-state index in [4.69, 9.17) is 16.2 Å². The maximum Gasteiger partial charge on any atom is 0.410 e. The fraction of sp³-hybridized carbons (Fsp3) is 0.588. The van der Waals surface area contributed by atoms with Crippen molar-refractivity contribution in [3.8, 4) is 0 Å². The summed E-state index contributed by atoms with van der Waals surface area (Å²) in [5.41, 5.74) is 14.1. The molecule has 0 saturated carbocycles. The van der Waals surface area contributed by atoms with Crippen molar-refractivity contribution >= 4 is 11.8 Å². The molecule has 1 aromatic rings. The van der Waals surface area contributed by atoms with Crippen LogP contribution in [0.25, 0.3) is 0 Å². The highest BCUT2D eigenvalue weighted by atomic mass is 16.6. The number of nitrogens with zero attached hydrogens (tertiary/aromatic N) is 2. The van der Waals surface area contributed by atoms with E-state index in [2.05, 4.69) is 11.0 Å². The van der Waals surface area contributed by atoms with Gasteiger partial charge in [-0.3, -0.25) is 4.90 Å². The van der Waals surface area contributed by atoms with E-state index in [1.807, 2.05) is 32.9 Å². The van der Waals surface area contributed by atoms with Crippen LogP contribution in [-0.2, 0) is 17.8 Å². The standard InChI is InChI=1S/C17H28N4O2/c1-17(2,3)23-16(22)21-8-6-20(7-9-21)12-13-4-5-14(11-18)15(19)10-13/h4-5,10H,6-9,11-12,18-19H2,1-3H3. The van der Waals surface area contributed by atoms with Crippen LogP contribution >= 0.6 is 0 Å². The van der Waals surface area contributed by atoms with Gasteiger partial charge >= 0.3 is 6.09 Å². The average Bonchev–Trinajstić information content (AvgIpc) is 2.46. The molecule has 4 N–H and O–H groups in total. The molecule has 0 radical (unpaired) electrons. The fourth-order valence-corrected chi connectivity index (χ4v) is 2.60. The molecule has 0 unspecified atom stereocenters. The summed E-state index contributed by atoms with van der Waals surface area (Å²) in [5.74, 6) is 0. The molecule has 128 valence electrons. The zero-order valence-corrected chi connectivity index (χ0v) is 14.3. The first kappa shape index (κ1) is 17.6. The molecule has 0 aromatic heterocycles. The third kappa shape index (κ3) is 5.11. The van der Waals surface area contributed by atoms with Gasteiger partial charge < -0.3 is 21.1 Å². The second-order valence-electron chi connectivity index (χ2n) is 6.98. The number of nitrogens with two attached hydrogens (primary N) is 2. The van der Waals surface area contributed by atoms with Gasteiger partial charge in [-0.2, -0.15) is 0 Å². The van der Waals surface area contributed by atoms with Crippen molar-refractivity contribution in [2.45, 2.75) is 39.5 Å². The number of amides is 1. The number of benzene rings is 1. The minimum absolute atomic E-state index is 0.228. The predicted octanol–water partition coefficient (Wildman–Crippen LogP) is 1.78. The van der Waals surface area contributed by atoms with Crippen molar-refractivity contribution in [2.24, 2.45) is 5.73 Å². The van der Waals surface area contributed by atoms with Crippen LogP contribution in [0.3, 0.4) is 0 Å². The Balaban J connectivity index is 1.85. The summed E-state index contributed by atoms with van der Waals surface area (Å²) < 4.78 is 5.41. The molecule has 1 amide bonds. The van der Waals surface area contributed by atoms with Crippen molar-refractivity contribution in [1.29, 1.82) is 0 Å². The zero-order chi connectivity index (χ0) is 17.0. The van der Waals surface area contributed by atoms with Gasteiger partial charge in [0.15, 0.2) is 0 Å². The molecule has 0 atom stereocenters. The minimum Gasteiger partial charge on any atom is -0.444 e. The van der Waals surface area contributed by atoms with Crippen LogP contribution in [0, 0.1) is 0 Å². The van der Waals surface area contributed by atoms with E-state index >= 15 is 0 Å². The Kier molecular flexibility index (Phi) is 5.49. The highest BCUT2D eigenvalue weighted by Gasteiger charge is 2.25. The normalized spacial score (nSPS) is 16.4. The molecule has 23 heavy (non-hydrogen) atoms. The lowest BCUT2D eigenvalue weighted by atomic mass is 10.1. The zero-order valence-electron chi connectivity index (χ0n) is 14.3. The summed E-state index contributed by atoms with van der Waals surface area (Å²) in [6, 6.07) is 6.04. The molecule has 0 bridgehead atoms. The lowest BCUT2D eigenvalue weighted by Crippen LogP contribution is -2.49. The number of anilines is 1. The minimum atomic E-state index is -0.448. The number of hydrogen-bond donors (Lipinski definition) is 2. The predicted molar refractivity (Wildman–Crippen MR) is 91.8 cm³/mol. The molecule has 6 nitrogen and oxygen atoms in total. The Bertz CT molecular complexity index is 546. The average molecular weight is 320 g/mol. The van der Waals surface area contributed by atoms with E-state index in [0.29, 0.717) is 19.6 Å². The summed E-state index contributed by atoms with van der Waals surface area (Å²) in [5, 5.41) is 0. The number of hydrogen-bond acceptors (Lipinski definition) is 5. The first-order chi connectivity index (χ1) is 10.8. The number of rotatable bonds is 3. The van der Waals surface area contributed by atoms with Gasteiger partial charge in [-0.25, -0.2) is 4.79 Å². The van der Waals surface area contributed by atoms with Gasteiger partial charge in [-0.1, -0.05) is 12.1 Å². The molecule has 0 spiro atoms. The van der Waals surface area contributed by atoms with Gasteiger partial charge in [0, 0.05) is 45.0 Å². The molecule has 1 saturated heterocycles. The highest BCUT2D eigenvalue weighted by molar-refractivity contribution is 5.68. The van der Waals surface area contributed by atoms with E-state index in [0.717, 1.165) is 30.9 Å². The second-order valence-corrected chi connectivity index (χ2v) is 6.98. The number of ether oxygens (including phenoxy) is 1. The molecule has 0 aliphatic carbocycles. The number of nitrogen functional groups attached to an aromatic ring is 1. The Morgan fingerprint density at radius 1 is 1.22 bits per heavy atom. The van der Waals surface area contributed by atoms with E-state index in [9.17, 15) is 4.79 Å². The van der Waals surface area contributed by atoms with Gasteiger partial charge in [0.05, 0.1) is 0 Å². The van der Waals surface area contributed by atoms with Crippen LogP contribution < -0.4 is 11.5 Å². The third-order valence-electron chi connectivity index (χ3n) is 3.86. The molecule has 1 aliphatic rings. The van der Waals surface area contributed by atoms with Crippen LogP contribution in [0.5, 0.6) is 0 Å². The Hall–Kier alpha value is -1.79. The molecular weight excluding hydrogens is 292 g/mol. The molecule has 2 rings (SSSR count). The SMILES string of the molecule is CC(C)(C)OC(=O)N1CCN(Cc2ccc(CN)c(N)c2)CC1. The van der Waals surface area contributed by atoms with E-state index in [-0.39, 0.29) is 6.09 Å². The maximum absolute atomic E-state index is 12.1. The monoisotopic (exact) mass is 320 g/mol. The van der Waals surface area contributed by atoms with Crippen LogP contribution in [0.4, 0.5) is 10.5 Å². The number of carbonyl (C=O) groups excluding carboxylic acids is 1. The molecule has 6 heteroatoms. The van der Waals surface area contributed by atoms with Gasteiger partial charge in [0.2, 0.25) is 0 Å². The summed E-state index contributed by atoms with van der Waals surface area (Å²) >= 11 is 0. The van der Waals surface area contributed by atoms with E-state index in [1.165, 1.54) is 5.56 Å². The van der Waals surface area contributed by atoms with Crippen LogP contribution in [-0.4, -0.2) is 47.7 Å². The van der Waals surface area contributed by atoms with Crippen molar-refractivity contribution < 1.29 is 9.53 Å².